The summed E-state index contributed by atoms with van der Waals surface area (Å²) in [6.45, 7) is 3.05. The van der Waals surface area contributed by atoms with Gasteiger partial charge in [-0.3, -0.25) is 4.79 Å². The fourth-order valence-electron chi connectivity index (χ4n) is 1.88. The van der Waals surface area contributed by atoms with E-state index < -0.39 is 0 Å². The minimum absolute atomic E-state index is 0.124. The normalized spacial score (nSPS) is 22.1. The SMILES string of the molecule is CC(NC(=O)CC1CSCCN1)c1cccs1. The number of rotatable bonds is 4. The van der Waals surface area contributed by atoms with Gasteiger partial charge in [0.05, 0.1) is 6.04 Å². The van der Waals surface area contributed by atoms with Crippen molar-refractivity contribution in [2.24, 2.45) is 0 Å². The lowest BCUT2D eigenvalue weighted by molar-refractivity contribution is -0.122. The molecule has 1 fully saturated rings. The Morgan fingerprint density at radius 2 is 2.59 bits per heavy atom. The number of thioether (sulfide) groups is 1. The predicted molar refractivity (Wildman–Crippen MR) is 74.6 cm³/mol. The van der Waals surface area contributed by atoms with Gasteiger partial charge >= 0.3 is 0 Å². The molecular weight excluding hydrogens is 252 g/mol. The molecule has 0 aromatic carbocycles. The topological polar surface area (TPSA) is 41.1 Å². The first-order valence-corrected chi connectivity index (χ1v) is 7.93. The number of amides is 1. The maximum Gasteiger partial charge on any atom is 0.222 e. The zero-order valence-electron chi connectivity index (χ0n) is 9.94. The lowest BCUT2D eigenvalue weighted by Crippen LogP contribution is -2.41. The van der Waals surface area contributed by atoms with Crippen LogP contribution in [0.4, 0.5) is 0 Å². The molecule has 1 aromatic heterocycles. The van der Waals surface area contributed by atoms with Crippen LogP contribution in [-0.4, -0.2) is 30.0 Å². The number of hydrogen-bond donors (Lipinski definition) is 2. The average molecular weight is 270 g/mol. The molecule has 1 amide bonds. The zero-order chi connectivity index (χ0) is 12.1. The fourth-order valence-corrected chi connectivity index (χ4v) is 3.57. The molecule has 2 atom stereocenters. The first-order chi connectivity index (χ1) is 8.25. The molecule has 1 aromatic rings. The standard InChI is InChI=1S/C12H18N2OS2/c1-9(11-3-2-5-17-11)14-12(15)7-10-8-16-6-4-13-10/h2-3,5,9-10,13H,4,6-8H2,1H3,(H,14,15). The second-order valence-electron chi connectivity index (χ2n) is 4.23. The van der Waals surface area contributed by atoms with Crippen molar-refractivity contribution in [2.45, 2.75) is 25.4 Å². The van der Waals surface area contributed by atoms with Crippen LogP contribution in [0.2, 0.25) is 0 Å². The summed E-state index contributed by atoms with van der Waals surface area (Å²) in [6.07, 6.45) is 0.586. The second kappa shape index (κ2) is 6.42. The van der Waals surface area contributed by atoms with Crippen LogP contribution in [-0.2, 0) is 4.79 Å². The molecule has 0 spiro atoms. The highest BCUT2D eigenvalue weighted by molar-refractivity contribution is 7.99. The molecule has 94 valence electrons. The summed E-state index contributed by atoms with van der Waals surface area (Å²) < 4.78 is 0. The minimum atomic E-state index is 0.124. The lowest BCUT2D eigenvalue weighted by Gasteiger charge is -2.23. The van der Waals surface area contributed by atoms with Gasteiger partial charge < -0.3 is 10.6 Å². The van der Waals surface area contributed by atoms with Crippen molar-refractivity contribution in [3.8, 4) is 0 Å². The number of nitrogens with one attached hydrogen (secondary N) is 2. The molecule has 0 radical (unpaired) electrons. The van der Waals surface area contributed by atoms with Crippen molar-refractivity contribution in [2.75, 3.05) is 18.1 Å². The molecule has 2 heterocycles. The zero-order valence-corrected chi connectivity index (χ0v) is 11.6. The van der Waals surface area contributed by atoms with Crippen LogP contribution < -0.4 is 10.6 Å². The van der Waals surface area contributed by atoms with Crippen molar-refractivity contribution in [1.29, 1.82) is 0 Å². The van der Waals surface area contributed by atoms with Crippen molar-refractivity contribution in [3.05, 3.63) is 22.4 Å². The summed E-state index contributed by atoms with van der Waals surface area (Å²) in [6, 6.07) is 4.54. The van der Waals surface area contributed by atoms with Gasteiger partial charge in [0, 0.05) is 35.4 Å². The smallest absolute Gasteiger partial charge is 0.222 e. The quantitative estimate of drug-likeness (QED) is 0.879. The molecule has 2 N–H and O–H groups in total. The van der Waals surface area contributed by atoms with Crippen LogP contribution in [0, 0.1) is 0 Å². The number of hydrogen-bond acceptors (Lipinski definition) is 4. The van der Waals surface area contributed by atoms with Gasteiger partial charge in [-0.05, 0) is 18.4 Å². The molecule has 2 unspecified atom stereocenters. The first-order valence-electron chi connectivity index (χ1n) is 5.89. The maximum atomic E-state index is 11.9. The predicted octanol–water partition coefficient (Wildman–Crippen LogP) is 2.02. The minimum Gasteiger partial charge on any atom is -0.349 e. The molecule has 1 saturated heterocycles. The summed E-state index contributed by atoms with van der Waals surface area (Å²) in [4.78, 5) is 13.1. The Balaban J connectivity index is 1.76. The molecule has 0 saturated carbocycles. The Hall–Kier alpha value is -0.520. The van der Waals surface area contributed by atoms with Crippen LogP contribution >= 0.6 is 23.1 Å². The summed E-state index contributed by atoms with van der Waals surface area (Å²) in [5.74, 6) is 2.34. The van der Waals surface area contributed by atoms with Crippen molar-refractivity contribution in [1.82, 2.24) is 10.6 Å². The molecule has 1 aliphatic rings. The molecule has 0 bridgehead atoms. The third-order valence-electron chi connectivity index (χ3n) is 2.78. The molecule has 5 heteroatoms. The van der Waals surface area contributed by atoms with E-state index in [1.54, 1.807) is 11.3 Å². The van der Waals surface area contributed by atoms with E-state index >= 15 is 0 Å². The average Bonchev–Trinajstić information content (AvgIpc) is 2.83. The van der Waals surface area contributed by atoms with Gasteiger partial charge in [-0.15, -0.1) is 11.3 Å². The largest absolute Gasteiger partial charge is 0.349 e. The van der Waals surface area contributed by atoms with Crippen LogP contribution in [0.5, 0.6) is 0 Å². The molecular formula is C12H18N2OS2. The molecule has 0 aliphatic carbocycles. The lowest BCUT2D eigenvalue weighted by atomic mass is 10.2. The van der Waals surface area contributed by atoms with Gasteiger partial charge in [-0.2, -0.15) is 11.8 Å². The first kappa shape index (κ1) is 12.9. The van der Waals surface area contributed by atoms with Gasteiger partial charge in [-0.1, -0.05) is 6.07 Å². The Labute approximate surface area is 110 Å². The molecule has 17 heavy (non-hydrogen) atoms. The molecule has 3 nitrogen and oxygen atoms in total. The van der Waals surface area contributed by atoms with E-state index in [1.165, 1.54) is 4.88 Å². The van der Waals surface area contributed by atoms with Gasteiger partial charge in [0.1, 0.15) is 0 Å². The van der Waals surface area contributed by atoms with E-state index in [0.29, 0.717) is 12.5 Å². The highest BCUT2D eigenvalue weighted by atomic mass is 32.2. The van der Waals surface area contributed by atoms with Crippen LogP contribution in [0.1, 0.15) is 24.3 Å². The number of carbonyl (C=O) groups excluding carboxylic acids is 1. The summed E-state index contributed by atoms with van der Waals surface area (Å²) >= 11 is 3.61. The van der Waals surface area contributed by atoms with Gasteiger partial charge in [-0.25, -0.2) is 0 Å². The van der Waals surface area contributed by atoms with E-state index in [1.807, 2.05) is 30.1 Å². The fraction of sp³-hybridized carbons (Fsp3) is 0.583. The van der Waals surface area contributed by atoms with E-state index in [2.05, 4.69) is 16.7 Å². The number of carbonyl (C=O) groups is 1. The van der Waals surface area contributed by atoms with Crippen molar-refractivity contribution >= 4 is 29.0 Å². The third-order valence-corrected chi connectivity index (χ3v) is 4.96. The number of thiophene rings is 1. The third kappa shape index (κ3) is 4.01. The second-order valence-corrected chi connectivity index (χ2v) is 6.36. The monoisotopic (exact) mass is 270 g/mol. The van der Waals surface area contributed by atoms with Gasteiger partial charge in [0.25, 0.3) is 0 Å². The Morgan fingerprint density at radius 1 is 1.71 bits per heavy atom. The van der Waals surface area contributed by atoms with E-state index in [4.69, 9.17) is 0 Å². The summed E-state index contributed by atoms with van der Waals surface area (Å²) in [7, 11) is 0. The summed E-state index contributed by atoms with van der Waals surface area (Å²) in [5.41, 5.74) is 0. The van der Waals surface area contributed by atoms with E-state index in [-0.39, 0.29) is 11.9 Å². The summed E-state index contributed by atoms with van der Waals surface area (Å²) in [5, 5.41) is 8.47. The highest BCUT2D eigenvalue weighted by Gasteiger charge is 2.18. The van der Waals surface area contributed by atoms with Gasteiger partial charge in [0.2, 0.25) is 5.91 Å². The highest BCUT2D eigenvalue weighted by Crippen LogP contribution is 2.18. The van der Waals surface area contributed by atoms with E-state index in [9.17, 15) is 4.79 Å². The van der Waals surface area contributed by atoms with Crippen molar-refractivity contribution < 1.29 is 4.79 Å². The van der Waals surface area contributed by atoms with Crippen LogP contribution in [0.25, 0.3) is 0 Å². The Bertz CT molecular complexity index is 347. The maximum absolute atomic E-state index is 11.9. The van der Waals surface area contributed by atoms with Crippen LogP contribution in [0.15, 0.2) is 17.5 Å². The molecule has 2 rings (SSSR count). The van der Waals surface area contributed by atoms with E-state index in [0.717, 1.165) is 18.1 Å². The van der Waals surface area contributed by atoms with Gasteiger partial charge in [0.15, 0.2) is 0 Å². The Kier molecular flexibility index (Phi) is 4.88. The van der Waals surface area contributed by atoms with Crippen molar-refractivity contribution in [3.63, 3.8) is 0 Å². The Morgan fingerprint density at radius 3 is 3.24 bits per heavy atom. The van der Waals surface area contributed by atoms with Crippen LogP contribution in [0.3, 0.4) is 0 Å². The molecule has 1 aliphatic heterocycles.